The highest BCUT2D eigenvalue weighted by molar-refractivity contribution is 5.69. The first kappa shape index (κ1) is 12.4. The molecule has 0 heterocycles. The molecule has 0 aliphatic rings. The molecule has 0 aliphatic heterocycles. The zero-order valence-corrected chi connectivity index (χ0v) is 9.05. The molecule has 13 heavy (non-hydrogen) atoms. The predicted molar refractivity (Wildman–Crippen MR) is 51.5 cm³/mol. The van der Waals surface area contributed by atoms with Gasteiger partial charge in [-0.1, -0.05) is 20.8 Å². The number of rotatable bonds is 5. The zero-order chi connectivity index (χ0) is 10.3. The van der Waals surface area contributed by atoms with Gasteiger partial charge in [0.2, 0.25) is 0 Å². The predicted octanol–water partition coefficient (Wildman–Crippen LogP) is 2.00. The molecule has 3 heteroatoms. The van der Waals surface area contributed by atoms with Crippen LogP contribution in [0.3, 0.4) is 0 Å². The number of ether oxygens (including phenoxy) is 2. The molecular weight excluding hydrogens is 168 g/mol. The Morgan fingerprint density at radius 2 is 1.92 bits per heavy atom. The van der Waals surface area contributed by atoms with E-state index in [-0.39, 0.29) is 11.4 Å². The van der Waals surface area contributed by atoms with Crippen molar-refractivity contribution in [3.63, 3.8) is 0 Å². The third kappa shape index (κ3) is 9.34. The Kier molecular flexibility index (Phi) is 5.71. The van der Waals surface area contributed by atoms with Crippen LogP contribution in [-0.2, 0) is 14.3 Å². The third-order valence-corrected chi connectivity index (χ3v) is 1.40. The molecule has 0 bridgehead atoms. The summed E-state index contributed by atoms with van der Waals surface area (Å²) in [7, 11) is 1.63. The quantitative estimate of drug-likeness (QED) is 0.489. The van der Waals surface area contributed by atoms with Crippen molar-refractivity contribution in [3.8, 4) is 0 Å². The van der Waals surface area contributed by atoms with Crippen LogP contribution in [0.2, 0.25) is 0 Å². The SMILES string of the molecule is COCCCC(=O)OCC(C)(C)C. The Labute approximate surface area is 80.4 Å². The van der Waals surface area contributed by atoms with Crippen LogP contribution in [0.1, 0.15) is 33.6 Å². The average molecular weight is 188 g/mol. The molecular formula is C10H20O3. The molecule has 0 saturated carbocycles. The van der Waals surface area contributed by atoms with Crippen LogP contribution >= 0.6 is 0 Å². The summed E-state index contributed by atoms with van der Waals surface area (Å²) >= 11 is 0. The molecule has 0 aromatic rings. The van der Waals surface area contributed by atoms with Crippen molar-refractivity contribution in [1.29, 1.82) is 0 Å². The Morgan fingerprint density at radius 1 is 1.31 bits per heavy atom. The van der Waals surface area contributed by atoms with Crippen molar-refractivity contribution in [1.82, 2.24) is 0 Å². The highest BCUT2D eigenvalue weighted by atomic mass is 16.5. The van der Waals surface area contributed by atoms with Gasteiger partial charge in [-0.2, -0.15) is 0 Å². The van der Waals surface area contributed by atoms with Gasteiger partial charge in [0.05, 0.1) is 6.61 Å². The molecule has 0 fully saturated rings. The van der Waals surface area contributed by atoms with E-state index in [1.807, 2.05) is 20.8 Å². The second-order valence-electron chi connectivity index (χ2n) is 4.32. The molecule has 0 atom stereocenters. The minimum atomic E-state index is -0.132. The lowest BCUT2D eigenvalue weighted by Gasteiger charge is -2.17. The number of hydrogen-bond acceptors (Lipinski definition) is 3. The van der Waals surface area contributed by atoms with Gasteiger partial charge in [0.1, 0.15) is 0 Å². The molecule has 0 rings (SSSR count). The molecule has 0 aromatic carbocycles. The second-order valence-corrected chi connectivity index (χ2v) is 4.32. The molecule has 0 aromatic heterocycles. The van der Waals surface area contributed by atoms with Gasteiger partial charge in [-0.05, 0) is 11.8 Å². The summed E-state index contributed by atoms with van der Waals surface area (Å²) in [5.41, 5.74) is 0.0525. The third-order valence-electron chi connectivity index (χ3n) is 1.40. The van der Waals surface area contributed by atoms with Crippen molar-refractivity contribution in [2.24, 2.45) is 5.41 Å². The van der Waals surface area contributed by atoms with Crippen LogP contribution in [0.15, 0.2) is 0 Å². The van der Waals surface area contributed by atoms with Gasteiger partial charge in [-0.3, -0.25) is 4.79 Å². The van der Waals surface area contributed by atoms with E-state index >= 15 is 0 Å². The molecule has 0 unspecified atom stereocenters. The first-order valence-corrected chi connectivity index (χ1v) is 4.60. The molecule has 0 radical (unpaired) electrons. The van der Waals surface area contributed by atoms with Crippen LogP contribution in [0.25, 0.3) is 0 Å². The Hall–Kier alpha value is -0.570. The summed E-state index contributed by atoms with van der Waals surface area (Å²) in [6, 6.07) is 0. The maximum atomic E-state index is 11.1. The summed E-state index contributed by atoms with van der Waals surface area (Å²) < 4.78 is 9.89. The lowest BCUT2D eigenvalue weighted by atomic mass is 9.99. The van der Waals surface area contributed by atoms with Gasteiger partial charge in [0.25, 0.3) is 0 Å². The molecule has 3 nitrogen and oxygen atoms in total. The first-order chi connectivity index (χ1) is 5.95. The molecule has 0 spiro atoms. The van der Waals surface area contributed by atoms with Crippen molar-refractivity contribution in [2.45, 2.75) is 33.6 Å². The number of methoxy groups -OCH3 is 1. The van der Waals surface area contributed by atoms with E-state index in [2.05, 4.69) is 0 Å². The van der Waals surface area contributed by atoms with Gasteiger partial charge >= 0.3 is 5.97 Å². The molecule has 0 saturated heterocycles. The summed E-state index contributed by atoms with van der Waals surface area (Å²) in [6.45, 7) is 7.21. The van der Waals surface area contributed by atoms with Crippen LogP contribution in [0.5, 0.6) is 0 Å². The summed E-state index contributed by atoms with van der Waals surface area (Å²) in [5, 5.41) is 0. The first-order valence-electron chi connectivity index (χ1n) is 4.60. The van der Waals surface area contributed by atoms with Gasteiger partial charge in [0, 0.05) is 20.1 Å². The summed E-state index contributed by atoms with van der Waals surface area (Å²) in [5.74, 6) is -0.132. The van der Waals surface area contributed by atoms with E-state index in [4.69, 9.17) is 9.47 Å². The highest BCUT2D eigenvalue weighted by Gasteiger charge is 2.13. The fraction of sp³-hybridized carbons (Fsp3) is 0.900. The summed E-state index contributed by atoms with van der Waals surface area (Å²) in [4.78, 5) is 11.1. The minimum absolute atomic E-state index is 0.0525. The summed E-state index contributed by atoms with van der Waals surface area (Å²) in [6.07, 6.45) is 1.18. The van der Waals surface area contributed by atoms with E-state index in [1.54, 1.807) is 7.11 Å². The Morgan fingerprint density at radius 3 is 2.38 bits per heavy atom. The van der Waals surface area contributed by atoms with Gasteiger partial charge in [0.15, 0.2) is 0 Å². The minimum Gasteiger partial charge on any atom is -0.465 e. The van der Waals surface area contributed by atoms with Crippen LogP contribution in [-0.4, -0.2) is 26.3 Å². The van der Waals surface area contributed by atoms with E-state index < -0.39 is 0 Å². The zero-order valence-electron chi connectivity index (χ0n) is 9.05. The van der Waals surface area contributed by atoms with Gasteiger partial charge in [-0.15, -0.1) is 0 Å². The topological polar surface area (TPSA) is 35.5 Å². The average Bonchev–Trinajstić information content (AvgIpc) is 2.00. The smallest absolute Gasteiger partial charge is 0.305 e. The van der Waals surface area contributed by atoms with Crippen molar-refractivity contribution in [2.75, 3.05) is 20.3 Å². The van der Waals surface area contributed by atoms with Gasteiger partial charge < -0.3 is 9.47 Å². The van der Waals surface area contributed by atoms with Crippen molar-refractivity contribution in [3.05, 3.63) is 0 Å². The molecule has 0 N–H and O–H groups in total. The fourth-order valence-electron chi connectivity index (χ4n) is 0.730. The number of carbonyl (C=O) groups is 1. The number of esters is 1. The largest absolute Gasteiger partial charge is 0.465 e. The lowest BCUT2D eigenvalue weighted by Crippen LogP contribution is -2.18. The Balaban J connectivity index is 3.41. The molecule has 0 aliphatic carbocycles. The van der Waals surface area contributed by atoms with E-state index in [0.717, 1.165) is 6.42 Å². The number of hydrogen-bond donors (Lipinski definition) is 0. The van der Waals surface area contributed by atoms with E-state index in [1.165, 1.54) is 0 Å². The Bertz CT molecular complexity index is 147. The number of carbonyl (C=O) groups excluding carboxylic acids is 1. The lowest BCUT2D eigenvalue weighted by molar-refractivity contribution is -0.146. The van der Waals surface area contributed by atoms with Crippen molar-refractivity contribution >= 4 is 5.97 Å². The van der Waals surface area contributed by atoms with Crippen LogP contribution in [0, 0.1) is 5.41 Å². The monoisotopic (exact) mass is 188 g/mol. The van der Waals surface area contributed by atoms with Gasteiger partial charge in [-0.25, -0.2) is 0 Å². The molecule has 0 amide bonds. The fourth-order valence-corrected chi connectivity index (χ4v) is 0.730. The second kappa shape index (κ2) is 5.97. The van der Waals surface area contributed by atoms with E-state index in [9.17, 15) is 4.79 Å². The van der Waals surface area contributed by atoms with Crippen LogP contribution in [0.4, 0.5) is 0 Å². The maximum Gasteiger partial charge on any atom is 0.305 e. The van der Waals surface area contributed by atoms with E-state index in [0.29, 0.717) is 19.6 Å². The highest BCUT2D eigenvalue weighted by Crippen LogP contribution is 2.13. The standard InChI is InChI=1S/C10H20O3/c1-10(2,3)8-13-9(11)6-5-7-12-4/h5-8H2,1-4H3. The van der Waals surface area contributed by atoms with Crippen LogP contribution < -0.4 is 0 Å². The van der Waals surface area contributed by atoms with Crippen molar-refractivity contribution < 1.29 is 14.3 Å². The maximum absolute atomic E-state index is 11.1. The normalized spacial score (nSPS) is 11.4. The molecule has 78 valence electrons.